The summed E-state index contributed by atoms with van der Waals surface area (Å²) in [5.74, 6) is 0.328. The van der Waals surface area contributed by atoms with Crippen molar-refractivity contribution in [1.82, 2.24) is 4.90 Å². The van der Waals surface area contributed by atoms with Crippen LogP contribution >= 0.6 is 0 Å². The Morgan fingerprint density at radius 2 is 1.90 bits per heavy atom. The summed E-state index contributed by atoms with van der Waals surface area (Å²) in [5, 5.41) is 17.0. The van der Waals surface area contributed by atoms with Gasteiger partial charge >= 0.3 is 6.16 Å². The lowest BCUT2D eigenvalue weighted by molar-refractivity contribution is -0.115. The van der Waals surface area contributed by atoms with Gasteiger partial charge in [0.15, 0.2) is 12.0 Å². The number of hydrogen-bond donors (Lipinski definition) is 3. The van der Waals surface area contributed by atoms with Crippen molar-refractivity contribution in [3.63, 3.8) is 0 Å². The lowest BCUT2D eigenvalue weighted by Gasteiger charge is -2.44. The minimum Gasteiger partial charge on any atom is -0.505 e. The fourth-order valence-corrected chi connectivity index (χ4v) is 4.94. The molecule has 206 valence electrons. The van der Waals surface area contributed by atoms with Gasteiger partial charge in [-0.3, -0.25) is 14.4 Å². The molecule has 12 heteroatoms. The monoisotopic (exact) mass is 539 g/mol. The Morgan fingerprint density at radius 1 is 1.15 bits per heavy atom. The molecule has 5 rings (SSSR count). The van der Waals surface area contributed by atoms with Crippen LogP contribution in [0.5, 0.6) is 5.75 Å². The first kappa shape index (κ1) is 26.3. The van der Waals surface area contributed by atoms with Crippen LogP contribution in [0.1, 0.15) is 47.7 Å². The van der Waals surface area contributed by atoms with Gasteiger partial charge in [0.2, 0.25) is 0 Å². The number of aryl methyl sites for hydroxylation is 1. The number of anilines is 3. The van der Waals surface area contributed by atoms with Gasteiger partial charge in [-0.2, -0.15) is 0 Å². The summed E-state index contributed by atoms with van der Waals surface area (Å²) in [6.45, 7) is 4.99. The topological polar surface area (TPSA) is 157 Å². The number of aromatic hydroxyl groups is 1. The molecular formula is C27H29N3O9. The number of para-hydroxylation sites is 1. The molecule has 0 spiro atoms. The molecule has 3 heterocycles. The van der Waals surface area contributed by atoms with Crippen LogP contribution in [-0.2, 0) is 14.2 Å². The fourth-order valence-electron chi connectivity index (χ4n) is 4.94. The molecule has 0 radical (unpaired) electrons. The molecule has 2 fully saturated rings. The maximum absolute atomic E-state index is 13.2. The summed E-state index contributed by atoms with van der Waals surface area (Å²) >= 11 is 0. The van der Waals surface area contributed by atoms with E-state index in [2.05, 4.69) is 15.4 Å². The summed E-state index contributed by atoms with van der Waals surface area (Å²) in [5.41, 5.74) is -1.83. The maximum atomic E-state index is 13.2. The Hall–Kier alpha value is -4.32. The highest BCUT2D eigenvalue weighted by Crippen LogP contribution is 2.43. The highest BCUT2D eigenvalue weighted by atomic mass is 16.7. The second-order valence-electron chi connectivity index (χ2n) is 10.1. The third kappa shape index (κ3) is 4.71. The van der Waals surface area contributed by atoms with Crippen molar-refractivity contribution in [1.29, 1.82) is 0 Å². The molecule has 2 aromatic carbocycles. The van der Waals surface area contributed by atoms with E-state index in [1.165, 1.54) is 30.2 Å². The normalized spacial score (nSPS) is 18.8. The van der Waals surface area contributed by atoms with E-state index < -0.39 is 40.9 Å². The Morgan fingerprint density at radius 3 is 2.54 bits per heavy atom. The van der Waals surface area contributed by atoms with Crippen LogP contribution in [0.25, 0.3) is 0 Å². The van der Waals surface area contributed by atoms with E-state index in [0.717, 1.165) is 0 Å². The number of phenolic OH excluding ortho intramolecular Hbond substituents is 1. The van der Waals surface area contributed by atoms with Gasteiger partial charge in [-0.15, -0.1) is 0 Å². The molecule has 2 aliphatic rings. The molecule has 2 atom stereocenters. The molecule has 3 aromatic rings. The number of furan rings is 1. The molecule has 2 saturated heterocycles. The number of rotatable bonds is 8. The Kier molecular flexibility index (Phi) is 6.81. The van der Waals surface area contributed by atoms with Crippen LogP contribution in [-0.4, -0.2) is 55.2 Å². The quantitative estimate of drug-likeness (QED) is 0.219. The van der Waals surface area contributed by atoms with E-state index in [1.54, 1.807) is 0 Å². The Balaban J connectivity index is 1.40. The Bertz CT molecular complexity index is 1480. The highest BCUT2D eigenvalue weighted by molar-refractivity contribution is 5.99. The van der Waals surface area contributed by atoms with Crippen molar-refractivity contribution in [2.75, 3.05) is 37.5 Å². The summed E-state index contributed by atoms with van der Waals surface area (Å²) in [4.78, 5) is 51.3. The van der Waals surface area contributed by atoms with E-state index in [4.69, 9.17) is 13.9 Å². The molecule has 0 aliphatic carbocycles. The average molecular weight is 540 g/mol. The number of carbonyl (C=O) groups excluding carboxylic acids is 2. The van der Waals surface area contributed by atoms with Crippen LogP contribution in [0.15, 0.2) is 44.3 Å². The van der Waals surface area contributed by atoms with Gasteiger partial charge in [-0.05, 0) is 37.6 Å². The molecule has 12 nitrogen and oxygen atoms in total. The first-order valence-corrected chi connectivity index (χ1v) is 12.5. The van der Waals surface area contributed by atoms with Gasteiger partial charge in [-0.25, -0.2) is 4.79 Å². The fraction of sp³-hybridized carbons (Fsp3) is 0.407. The first-order valence-electron chi connectivity index (χ1n) is 12.5. The van der Waals surface area contributed by atoms with Crippen molar-refractivity contribution in [3.05, 3.63) is 67.9 Å². The lowest BCUT2D eigenvalue weighted by atomic mass is 9.79. The van der Waals surface area contributed by atoms with E-state index in [-0.39, 0.29) is 28.0 Å². The van der Waals surface area contributed by atoms with Crippen LogP contribution in [0, 0.1) is 12.3 Å². The smallest absolute Gasteiger partial charge is 0.505 e. The van der Waals surface area contributed by atoms with Crippen LogP contribution in [0.2, 0.25) is 0 Å². The summed E-state index contributed by atoms with van der Waals surface area (Å²) in [6.07, 6.45) is -0.710. The van der Waals surface area contributed by atoms with Crippen LogP contribution in [0.4, 0.5) is 21.9 Å². The highest BCUT2D eigenvalue weighted by Gasteiger charge is 2.45. The number of nitrogens with zero attached hydrogens (tertiary/aromatic N) is 1. The summed E-state index contributed by atoms with van der Waals surface area (Å²) in [7, 11) is 1.17. The number of benzene rings is 1. The molecule has 2 aliphatic heterocycles. The molecule has 3 N–H and O–H groups in total. The third-order valence-corrected chi connectivity index (χ3v) is 7.19. The molecule has 0 bridgehead atoms. The zero-order valence-corrected chi connectivity index (χ0v) is 21.7. The number of methoxy groups -OCH3 is 1. The molecule has 0 saturated carbocycles. The van der Waals surface area contributed by atoms with Crippen LogP contribution < -0.4 is 21.5 Å². The largest absolute Gasteiger partial charge is 0.509 e. The zero-order chi connectivity index (χ0) is 27.9. The van der Waals surface area contributed by atoms with Gasteiger partial charge in [0.1, 0.15) is 22.9 Å². The Labute approximate surface area is 223 Å². The van der Waals surface area contributed by atoms with E-state index in [9.17, 15) is 24.3 Å². The van der Waals surface area contributed by atoms with Gasteiger partial charge < -0.3 is 39.3 Å². The zero-order valence-electron chi connectivity index (χ0n) is 21.7. The van der Waals surface area contributed by atoms with Crippen molar-refractivity contribution < 1.29 is 33.3 Å². The molecule has 1 amide bonds. The van der Waals surface area contributed by atoms with E-state index in [0.29, 0.717) is 44.1 Å². The van der Waals surface area contributed by atoms with Crippen molar-refractivity contribution in [2.24, 2.45) is 5.41 Å². The van der Waals surface area contributed by atoms with Gasteiger partial charge in [0, 0.05) is 18.4 Å². The minimum atomic E-state index is -0.912. The summed E-state index contributed by atoms with van der Waals surface area (Å²) in [6, 6.07) is 7.60. The number of nitrogens with one attached hydrogen (secondary N) is 2. The predicted molar refractivity (Wildman–Crippen MR) is 139 cm³/mol. The average Bonchev–Trinajstić information content (AvgIpc) is 3.55. The third-order valence-electron chi connectivity index (χ3n) is 7.19. The molecule has 1 aromatic heterocycles. The van der Waals surface area contributed by atoms with Crippen molar-refractivity contribution >= 4 is 29.1 Å². The van der Waals surface area contributed by atoms with Gasteiger partial charge in [0.25, 0.3) is 16.8 Å². The standard InChI is InChI=1S/C27H29N3O9/c1-14-9-10-17(38-14)24(27(2)12-37-13-27)29-20-19(22(32)23(20)33)28-16-7-4-6-15(21(16)31)25(34)30-11-5-8-18(30)39-26(35)36-3/h4,6-7,9-10,18,24,28-29,31H,5,8,11-13H2,1-3H3/t18-,24-/m0/s1. The van der Waals surface area contributed by atoms with Gasteiger partial charge in [0.05, 0.1) is 37.6 Å². The number of carbonyl (C=O) groups is 2. The van der Waals surface area contributed by atoms with Gasteiger partial charge in [-0.1, -0.05) is 13.0 Å². The van der Waals surface area contributed by atoms with Crippen molar-refractivity contribution in [3.8, 4) is 5.75 Å². The SMILES string of the molecule is COC(=O)O[C@H]1CCCN1C(=O)c1cccc(Nc2c(N[C@@H](c3ccc(C)o3)C3(C)COC3)c(=O)c2=O)c1O. The minimum absolute atomic E-state index is 0.0370. The summed E-state index contributed by atoms with van der Waals surface area (Å²) < 4.78 is 20.9. The molecular weight excluding hydrogens is 510 g/mol. The number of hydrogen-bond acceptors (Lipinski definition) is 11. The molecule has 39 heavy (non-hydrogen) atoms. The number of ether oxygens (including phenoxy) is 3. The van der Waals surface area contributed by atoms with E-state index >= 15 is 0 Å². The van der Waals surface area contributed by atoms with Crippen LogP contribution in [0.3, 0.4) is 0 Å². The molecule has 0 unspecified atom stereocenters. The predicted octanol–water partition coefficient (Wildman–Crippen LogP) is 3.17. The van der Waals surface area contributed by atoms with E-state index in [1.807, 2.05) is 26.0 Å². The lowest BCUT2D eigenvalue weighted by Crippen LogP contribution is -2.49. The number of phenols is 1. The first-order chi connectivity index (χ1) is 18.6. The number of likely N-dealkylation sites (tertiary alicyclic amines) is 1. The number of amides is 1. The second kappa shape index (κ2) is 10.1. The maximum Gasteiger partial charge on any atom is 0.509 e. The van der Waals surface area contributed by atoms with Crippen molar-refractivity contribution in [2.45, 2.75) is 39.0 Å². The second-order valence-corrected chi connectivity index (χ2v) is 10.1.